The molecule has 0 spiro atoms. The zero-order chi connectivity index (χ0) is 22.2. The number of carbonyl (C=O) groups excluding carboxylic acids is 2. The summed E-state index contributed by atoms with van der Waals surface area (Å²) in [5.74, 6) is 1.47. The zero-order valence-corrected chi connectivity index (χ0v) is 18.9. The van der Waals surface area contributed by atoms with Crippen LogP contribution in [0.1, 0.15) is 35.7 Å². The van der Waals surface area contributed by atoms with Crippen LogP contribution in [0.2, 0.25) is 5.02 Å². The molecule has 2 aromatic carbocycles. The third-order valence-electron chi connectivity index (χ3n) is 5.38. The molecule has 1 aliphatic rings. The Morgan fingerprint density at radius 3 is 2.39 bits per heavy atom. The molecule has 6 nitrogen and oxygen atoms in total. The molecule has 0 aliphatic carbocycles. The predicted octanol–water partition coefficient (Wildman–Crippen LogP) is 4.05. The predicted molar refractivity (Wildman–Crippen MR) is 121 cm³/mol. The van der Waals surface area contributed by atoms with Crippen LogP contribution in [-0.4, -0.2) is 61.5 Å². The van der Waals surface area contributed by atoms with Gasteiger partial charge in [-0.2, -0.15) is 0 Å². The lowest BCUT2D eigenvalue weighted by molar-refractivity contribution is -0.131. The maximum Gasteiger partial charge on any atom is 0.253 e. The van der Waals surface area contributed by atoms with Crippen molar-refractivity contribution >= 4 is 23.4 Å². The number of methoxy groups -OCH3 is 1. The number of rotatable bonds is 7. The Hall–Kier alpha value is -2.73. The molecule has 2 amide bonds. The molecule has 31 heavy (non-hydrogen) atoms. The summed E-state index contributed by atoms with van der Waals surface area (Å²) >= 11 is 5.91. The Balaban J connectivity index is 1.53. The van der Waals surface area contributed by atoms with Crippen molar-refractivity contribution < 1.29 is 19.1 Å². The van der Waals surface area contributed by atoms with Crippen molar-refractivity contribution in [3.63, 3.8) is 0 Å². The van der Waals surface area contributed by atoms with E-state index in [0.717, 1.165) is 12.0 Å². The summed E-state index contributed by atoms with van der Waals surface area (Å²) in [6.07, 6.45) is 1.82. The molecule has 7 heteroatoms. The summed E-state index contributed by atoms with van der Waals surface area (Å²) in [4.78, 5) is 29.2. The van der Waals surface area contributed by atoms with E-state index >= 15 is 0 Å². The molecule has 1 heterocycles. The van der Waals surface area contributed by atoms with E-state index in [4.69, 9.17) is 21.1 Å². The summed E-state index contributed by atoms with van der Waals surface area (Å²) in [7, 11) is 1.61. The maximum atomic E-state index is 12.8. The summed E-state index contributed by atoms with van der Waals surface area (Å²) < 4.78 is 10.9. The van der Waals surface area contributed by atoms with Gasteiger partial charge < -0.3 is 19.3 Å². The van der Waals surface area contributed by atoms with Gasteiger partial charge in [-0.15, -0.1) is 0 Å². The van der Waals surface area contributed by atoms with Gasteiger partial charge >= 0.3 is 0 Å². The molecule has 3 rings (SSSR count). The van der Waals surface area contributed by atoms with Crippen LogP contribution in [-0.2, 0) is 11.2 Å². The van der Waals surface area contributed by atoms with Gasteiger partial charge in [-0.3, -0.25) is 9.59 Å². The van der Waals surface area contributed by atoms with Crippen LogP contribution in [0.15, 0.2) is 42.5 Å². The van der Waals surface area contributed by atoms with E-state index in [1.54, 1.807) is 31.4 Å². The molecule has 0 radical (unpaired) electrons. The van der Waals surface area contributed by atoms with Gasteiger partial charge in [0.15, 0.2) is 11.5 Å². The molecular weight excluding hydrogens is 416 g/mol. The Morgan fingerprint density at radius 1 is 0.968 bits per heavy atom. The van der Waals surface area contributed by atoms with Crippen molar-refractivity contribution in [2.75, 3.05) is 39.9 Å². The third-order valence-corrected chi connectivity index (χ3v) is 5.63. The summed E-state index contributed by atoms with van der Waals surface area (Å²) in [5, 5.41) is 0.606. The molecule has 0 unspecified atom stereocenters. The molecule has 0 saturated carbocycles. The molecule has 166 valence electrons. The highest BCUT2D eigenvalue weighted by Crippen LogP contribution is 2.28. The lowest BCUT2D eigenvalue weighted by Crippen LogP contribution is -2.37. The van der Waals surface area contributed by atoms with Gasteiger partial charge in [0.2, 0.25) is 5.91 Å². The van der Waals surface area contributed by atoms with Crippen LogP contribution in [0.4, 0.5) is 0 Å². The summed E-state index contributed by atoms with van der Waals surface area (Å²) in [6, 6.07) is 12.7. The first-order valence-corrected chi connectivity index (χ1v) is 11.0. The van der Waals surface area contributed by atoms with Gasteiger partial charge in [0.1, 0.15) is 0 Å². The highest BCUT2D eigenvalue weighted by Gasteiger charge is 2.22. The average molecular weight is 445 g/mol. The first kappa shape index (κ1) is 22.9. The lowest BCUT2D eigenvalue weighted by atomic mass is 10.1. The number of carbonyl (C=O) groups is 2. The van der Waals surface area contributed by atoms with Crippen molar-refractivity contribution in [3.8, 4) is 11.5 Å². The molecule has 1 aliphatic heterocycles. The minimum Gasteiger partial charge on any atom is -0.493 e. The van der Waals surface area contributed by atoms with E-state index in [2.05, 4.69) is 0 Å². The fourth-order valence-corrected chi connectivity index (χ4v) is 3.82. The normalized spacial score (nSPS) is 14.2. The summed E-state index contributed by atoms with van der Waals surface area (Å²) in [6.45, 7) is 4.88. The van der Waals surface area contributed by atoms with Crippen LogP contribution in [0.3, 0.4) is 0 Å². The average Bonchev–Trinajstić information content (AvgIpc) is 3.05. The maximum absolute atomic E-state index is 12.8. The van der Waals surface area contributed by atoms with Gasteiger partial charge in [-0.1, -0.05) is 17.7 Å². The Kier molecular flexibility index (Phi) is 8.18. The number of hydrogen-bond donors (Lipinski definition) is 0. The quantitative estimate of drug-likeness (QED) is 0.646. The third kappa shape index (κ3) is 6.14. The Morgan fingerprint density at radius 2 is 1.68 bits per heavy atom. The van der Waals surface area contributed by atoms with E-state index in [1.807, 2.05) is 34.9 Å². The number of halogens is 1. The summed E-state index contributed by atoms with van der Waals surface area (Å²) in [5.41, 5.74) is 1.65. The molecule has 0 aromatic heterocycles. The van der Waals surface area contributed by atoms with Gasteiger partial charge in [-0.25, -0.2) is 0 Å². The topological polar surface area (TPSA) is 59.1 Å². The van der Waals surface area contributed by atoms with Crippen LogP contribution in [0.5, 0.6) is 11.5 Å². The highest BCUT2D eigenvalue weighted by molar-refractivity contribution is 6.30. The van der Waals surface area contributed by atoms with Crippen LogP contribution in [0.25, 0.3) is 0 Å². The molecule has 0 N–H and O–H groups in total. The minimum absolute atomic E-state index is 0.0209. The molecule has 0 bridgehead atoms. The van der Waals surface area contributed by atoms with Crippen LogP contribution in [0, 0.1) is 0 Å². The second-order valence-electron chi connectivity index (χ2n) is 7.45. The van der Waals surface area contributed by atoms with Crippen molar-refractivity contribution in [1.29, 1.82) is 0 Å². The number of aryl methyl sites for hydroxylation is 1. The highest BCUT2D eigenvalue weighted by atomic mass is 35.5. The minimum atomic E-state index is -0.0209. The molecular formula is C24H29ClN2O4. The molecule has 1 fully saturated rings. The Bertz CT molecular complexity index is 901. The number of ether oxygens (including phenoxy) is 2. The van der Waals surface area contributed by atoms with Crippen molar-refractivity contribution in [2.24, 2.45) is 0 Å². The number of benzene rings is 2. The smallest absolute Gasteiger partial charge is 0.253 e. The van der Waals surface area contributed by atoms with E-state index in [9.17, 15) is 9.59 Å². The van der Waals surface area contributed by atoms with Gasteiger partial charge in [0.25, 0.3) is 5.91 Å². The number of amides is 2. The monoisotopic (exact) mass is 444 g/mol. The fourth-order valence-electron chi connectivity index (χ4n) is 3.70. The number of hydrogen-bond acceptors (Lipinski definition) is 4. The second-order valence-corrected chi connectivity index (χ2v) is 7.89. The van der Waals surface area contributed by atoms with Crippen LogP contribution < -0.4 is 9.47 Å². The van der Waals surface area contributed by atoms with Crippen molar-refractivity contribution in [1.82, 2.24) is 9.80 Å². The van der Waals surface area contributed by atoms with E-state index in [0.29, 0.717) is 67.7 Å². The van der Waals surface area contributed by atoms with Crippen molar-refractivity contribution in [3.05, 3.63) is 58.6 Å². The van der Waals surface area contributed by atoms with Gasteiger partial charge in [0.05, 0.1) is 13.7 Å². The van der Waals surface area contributed by atoms with Gasteiger partial charge in [-0.05, 0) is 61.7 Å². The SMILES string of the molecule is CCOc1ccc(CCC(=O)N2CCCN(C(=O)c3ccc(Cl)cc3)CC2)cc1OC. The standard InChI is InChI=1S/C24H29ClN2O4/c1-3-31-21-11-5-18(17-22(21)30-2)6-12-23(28)26-13-4-14-27(16-15-26)24(29)19-7-9-20(25)10-8-19/h5,7-11,17H,3-4,6,12-16H2,1-2H3. The molecule has 2 aromatic rings. The first-order chi connectivity index (χ1) is 15.0. The first-order valence-electron chi connectivity index (χ1n) is 10.6. The Labute approximate surface area is 188 Å². The fraction of sp³-hybridized carbons (Fsp3) is 0.417. The lowest BCUT2D eigenvalue weighted by Gasteiger charge is -2.22. The molecule has 1 saturated heterocycles. The number of nitrogens with zero attached hydrogens (tertiary/aromatic N) is 2. The second kappa shape index (κ2) is 11.0. The van der Waals surface area contributed by atoms with Gasteiger partial charge in [0, 0.05) is 43.2 Å². The largest absolute Gasteiger partial charge is 0.493 e. The van der Waals surface area contributed by atoms with E-state index < -0.39 is 0 Å². The zero-order valence-electron chi connectivity index (χ0n) is 18.1. The molecule has 0 atom stereocenters. The van der Waals surface area contributed by atoms with E-state index in [-0.39, 0.29) is 11.8 Å². The van der Waals surface area contributed by atoms with Crippen molar-refractivity contribution in [2.45, 2.75) is 26.2 Å². The van der Waals surface area contributed by atoms with Crippen LogP contribution >= 0.6 is 11.6 Å². The van der Waals surface area contributed by atoms with E-state index in [1.165, 1.54) is 0 Å².